The molecule has 1 heterocycles. The van der Waals surface area contributed by atoms with Crippen LogP contribution in [0.3, 0.4) is 0 Å². The van der Waals surface area contributed by atoms with Crippen molar-refractivity contribution in [2.75, 3.05) is 12.8 Å². The molecule has 0 bridgehead atoms. The number of nitrogens with one attached hydrogen (secondary N) is 3. The summed E-state index contributed by atoms with van der Waals surface area (Å²) in [6, 6.07) is 15.0. The summed E-state index contributed by atoms with van der Waals surface area (Å²) in [5.41, 5.74) is 0.923. The average molecular weight is 456 g/mol. The summed E-state index contributed by atoms with van der Waals surface area (Å²) in [6.45, 7) is 5.69. The molecule has 8 heteroatoms. The Balaban J connectivity index is 1.67. The Morgan fingerprint density at radius 2 is 1.81 bits per heavy atom. The Morgan fingerprint density at radius 3 is 2.53 bits per heavy atom. The molecule has 2 amide bonds. The summed E-state index contributed by atoms with van der Waals surface area (Å²) in [5, 5.41) is 13.9. The highest BCUT2D eigenvalue weighted by Crippen LogP contribution is 2.40. The van der Waals surface area contributed by atoms with Crippen molar-refractivity contribution in [3.63, 3.8) is 0 Å². The SMILES string of the molecule is CSc1ccccc1C(=O)NCCC1c2ccccc2OC1C(=N)NC(=O)OC(C)(C)C. The molecule has 0 aliphatic carbocycles. The fraction of sp³-hybridized carbons (Fsp3) is 0.375. The predicted octanol–water partition coefficient (Wildman–Crippen LogP) is 4.58. The van der Waals surface area contributed by atoms with E-state index in [1.165, 1.54) is 11.8 Å². The first-order valence-electron chi connectivity index (χ1n) is 10.4. The maximum atomic E-state index is 12.7. The molecule has 3 N–H and O–H groups in total. The maximum Gasteiger partial charge on any atom is 0.413 e. The zero-order chi connectivity index (χ0) is 23.3. The normalized spacial score (nSPS) is 17.1. The molecule has 170 valence electrons. The number of rotatable bonds is 6. The Labute approximate surface area is 192 Å². The van der Waals surface area contributed by atoms with Crippen LogP contribution in [0.25, 0.3) is 0 Å². The fourth-order valence-electron chi connectivity index (χ4n) is 3.60. The molecule has 0 fully saturated rings. The Kier molecular flexibility index (Phi) is 7.45. The summed E-state index contributed by atoms with van der Waals surface area (Å²) >= 11 is 1.53. The number of ether oxygens (including phenoxy) is 2. The molecule has 0 saturated carbocycles. The van der Waals surface area contributed by atoms with Crippen LogP contribution in [0, 0.1) is 5.41 Å². The number of hydrogen-bond acceptors (Lipinski definition) is 6. The number of hydrogen-bond donors (Lipinski definition) is 3. The average Bonchev–Trinajstić information content (AvgIpc) is 3.11. The fourth-order valence-corrected chi connectivity index (χ4v) is 4.19. The van der Waals surface area contributed by atoms with Crippen molar-refractivity contribution in [2.45, 2.75) is 49.7 Å². The van der Waals surface area contributed by atoms with Crippen LogP contribution >= 0.6 is 11.8 Å². The lowest BCUT2D eigenvalue weighted by molar-refractivity contribution is 0.0556. The number of benzene rings is 2. The van der Waals surface area contributed by atoms with E-state index >= 15 is 0 Å². The van der Waals surface area contributed by atoms with Gasteiger partial charge in [-0.3, -0.25) is 15.5 Å². The Hall–Kier alpha value is -3.00. The molecule has 7 nitrogen and oxygen atoms in total. The minimum Gasteiger partial charge on any atom is -0.482 e. The number of thioether (sulfide) groups is 1. The van der Waals surface area contributed by atoms with Crippen molar-refractivity contribution < 1.29 is 19.1 Å². The van der Waals surface area contributed by atoms with E-state index < -0.39 is 17.8 Å². The van der Waals surface area contributed by atoms with E-state index in [0.29, 0.717) is 24.3 Å². The van der Waals surface area contributed by atoms with Gasteiger partial charge in [0.25, 0.3) is 5.91 Å². The molecule has 2 aromatic carbocycles. The van der Waals surface area contributed by atoms with E-state index in [2.05, 4.69) is 10.6 Å². The second-order valence-electron chi connectivity index (χ2n) is 8.47. The standard InChI is InChI=1S/C24H29N3O4S/c1-24(2,3)31-23(29)27-21(25)20-16(15-9-5-7-11-18(15)30-20)13-14-26-22(28)17-10-6-8-12-19(17)32-4/h5-12,16,20H,13-14H2,1-4H3,(H,26,28)(H2,25,27,29). The van der Waals surface area contributed by atoms with E-state index in [1.54, 1.807) is 26.8 Å². The van der Waals surface area contributed by atoms with Crippen molar-refractivity contribution in [2.24, 2.45) is 0 Å². The number of amides is 2. The molecule has 1 aliphatic heterocycles. The highest BCUT2D eigenvalue weighted by atomic mass is 32.2. The molecule has 3 rings (SSSR count). The summed E-state index contributed by atoms with van der Waals surface area (Å²) in [5.74, 6) is 0.280. The van der Waals surface area contributed by atoms with Gasteiger partial charge in [-0.1, -0.05) is 30.3 Å². The lowest BCUT2D eigenvalue weighted by Gasteiger charge is -2.23. The van der Waals surface area contributed by atoms with Crippen molar-refractivity contribution >= 4 is 29.6 Å². The van der Waals surface area contributed by atoms with Gasteiger partial charge in [-0.25, -0.2) is 4.79 Å². The number of amidine groups is 1. The van der Waals surface area contributed by atoms with Gasteiger partial charge < -0.3 is 14.8 Å². The third-order valence-electron chi connectivity index (χ3n) is 4.95. The monoisotopic (exact) mass is 455 g/mol. The number of carbonyl (C=O) groups is 2. The van der Waals surface area contributed by atoms with E-state index in [9.17, 15) is 9.59 Å². The summed E-state index contributed by atoms with van der Waals surface area (Å²) in [6.07, 6.45) is 1.12. The highest BCUT2D eigenvalue weighted by Gasteiger charge is 2.38. The molecule has 2 unspecified atom stereocenters. The molecule has 0 radical (unpaired) electrons. The molecule has 1 aliphatic rings. The van der Waals surface area contributed by atoms with Crippen molar-refractivity contribution in [1.82, 2.24) is 10.6 Å². The van der Waals surface area contributed by atoms with E-state index in [0.717, 1.165) is 10.5 Å². The van der Waals surface area contributed by atoms with Crippen LogP contribution in [0.5, 0.6) is 5.75 Å². The van der Waals surface area contributed by atoms with Gasteiger partial charge in [0.1, 0.15) is 17.2 Å². The first-order chi connectivity index (χ1) is 15.2. The summed E-state index contributed by atoms with van der Waals surface area (Å²) in [7, 11) is 0. The third-order valence-corrected chi connectivity index (χ3v) is 5.75. The van der Waals surface area contributed by atoms with Gasteiger partial charge in [0.15, 0.2) is 6.10 Å². The van der Waals surface area contributed by atoms with Gasteiger partial charge in [0.05, 0.1) is 5.56 Å². The first kappa shape index (κ1) is 23.7. The van der Waals surface area contributed by atoms with E-state index in [4.69, 9.17) is 14.9 Å². The molecular weight excluding hydrogens is 426 g/mol. The largest absolute Gasteiger partial charge is 0.482 e. The van der Waals surface area contributed by atoms with Crippen molar-refractivity contribution in [3.8, 4) is 5.75 Å². The molecule has 0 saturated heterocycles. The first-order valence-corrected chi connectivity index (χ1v) is 11.7. The van der Waals surface area contributed by atoms with Gasteiger partial charge in [-0.05, 0) is 51.6 Å². The maximum absolute atomic E-state index is 12.7. The minimum absolute atomic E-state index is 0.0699. The number of alkyl carbamates (subject to hydrolysis) is 1. The van der Waals surface area contributed by atoms with E-state index in [-0.39, 0.29) is 17.7 Å². The number of para-hydroxylation sites is 1. The predicted molar refractivity (Wildman–Crippen MR) is 126 cm³/mol. The molecule has 0 spiro atoms. The zero-order valence-electron chi connectivity index (χ0n) is 18.7. The van der Waals surface area contributed by atoms with Crippen LogP contribution < -0.4 is 15.4 Å². The van der Waals surface area contributed by atoms with Gasteiger partial charge >= 0.3 is 6.09 Å². The summed E-state index contributed by atoms with van der Waals surface area (Å²) < 4.78 is 11.2. The second kappa shape index (κ2) is 10.1. The number of fused-ring (bicyclic) bond motifs is 1. The van der Waals surface area contributed by atoms with Gasteiger partial charge in [-0.2, -0.15) is 0 Å². The smallest absolute Gasteiger partial charge is 0.413 e. The lowest BCUT2D eigenvalue weighted by Crippen LogP contribution is -2.44. The Morgan fingerprint density at radius 1 is 1.12 bits per heavy atom. The topological polar surface area (TPSA) is 101 Å². The highest BCUT2D eigenvalue weighted by molar-refractivity contribution is 7.98. The van der Waals surface area contributed by atoms with Crippen molar-refractivity contribution in [1.29, 1.82) is 5.41 Å². The second-order valence-corrected chi connectivity index (χ2v) is 9.32. The van der Waals surface area contributed by atoms with Crippen LogP contribution in [0.1, 0.15) is 49.0 Å². The Bertz CT molecular complexity index is 1000. The van der Waals surface area contributed by atoms with Crippen LogP contribution in [0.4, 0.5) is 4.79 Å². The number of carbonyl (C=O) groups excluding carboxylic acids is 2. The van der Waals surface area contributed by atoms with Crippen LogP contribution in [0.15, 0.2) is 53.4 Å². The minimum atomic E-state index is -0.692. The molecule has 32 heavy (non-hydrogen) atoms. The van der Waals surface area contributed by atoms with Gasteiger partial charge in [0.2, 0.25) is 0 Å². The molecule has 0 aromatic heterocycles. The van der Waals surface area contributed by atoms with Crippen LogP contribution in [-0.2, 0) is 4.74 Å². The quantitative estimate of drug-likeness (QED) is 0.336. The lowest BCUT2D eigenvalue weighted by atomic mass is 9.91. The molecular formula is C24H29N3O4S. The zero-order valence-corrected chi connectivity index (χ0v) is 19.5. The van der Waals surface area contributed by atoms with Gasteiger partial charge in [-0.15, -0.1) is 11.8 Å². The summed E-state index contributed by atoms with van der Waals surface area (Å²) in [4.78, 5) is 25.7. The third kappa shape index (κ3) is 5.82. The molecule has 2 atom stereocenters. The van der Waals surface area contributed by atoms with Gasteiger partial charge in [0, 0.05) is 22.9 Å². The van der Waals surface area contributed by atoms with Crippen molar-refractivity contribution in [3.05, 3.63) is 59.7 Å². The van der Waals surface area contributed by atoms with Crippen LogP contribution in [-0.4, -0.2) is 42.3 Å². The van der Waals surface area contributed by atoms with E-state index in [1.807, 2.05) is 48.7 Å². The molecule has 2 aromatic rings. The van der Waals surface area contributed by atoms with Crippen LogP contribution in [0.2, 0.25) is 0 Å².